The Hall–Kier alpha value is -1.92. The molecule has 1 aromatic rings. The third-order valence-electron chi connectivity index (χ3n) is 4.85. The number of nitrogens with one attached hydrogen (secondary N) is 1. The van der Waals surface area contributed by atoms with E-state index in [0.29, 0.717) is 0 Å². The monoisotopic (exact) mass is 316 g/mol. The molecule has 122 valence electrons. The molecule has 6 heteroatoms. The van der Waals surface area contributed by atoms with E-state index in [9.17, 15) is 9.59 Å². The summed E-state index contributed by atoms with van der Waals surface area (Å²) in [7, 11) is 1.73. The highest BCUT2D eigenvalue weighted by molar-refractivity contribution is 6.02. The summed E-state index contributed by atoms with van der Waals surface area (Å²) < 4.78 is 11.4. The van der Waals surface area contributed by atoms with Crippen molar-refractivity contribution in [2.45, 2.75) is 50.7 Å². The van der Waals surface area contributed by atoms with Gasteiger partial charge in [0.05, 0.1) is 0 Å². The molecule has 0 spiro atoms. The second-order valence-corrected chi connectivity index (χ2v) is 6.86. The number of amides is 2. The molecule has 1 aliphatic carbocycles. The number of ether oxygens (including phenoxy) is 2. The Bertz CT molecular complexity index is 700. The third kappa shape index (κ3) is 2.24. The highest BCUT2D eigenvalue weighted by Gasteiger charge is 2.56. The molecule has 1 N–H and O–H groups in total. The molecule has 0 bridgehead atoms. The van der Waals surface area contributed by atoms with Gasteiger partial charge in [0.1, 0.15) is 12.1 Å². The minimum atomic E-state index is -0.847. The van der Waals surface area contributed by atoms with Gasteiger partial charge in [0.2, 0.25) is 0 Å². The predicted molar refractivity (Wildman–Crippen MR) is 83.0 cm³/mol. The lowest BCUT2D eigenvalue weighted by atomic mass is 9.88. The zero-order valence-corrected chi connectivity index (χ0v) is 13.5. The normalized spacial score (nSPS) is 30.2. The summed E-state index contributed by atoms with van der Waals surface area (Å²) in [4.78, 5) is 26.5. The van der Waals surface area contributed by atoms with Crippen molar-refractivity contribution in [2.24, 2.45) is 0 Å². The maximum absolute atomic E-state index is 12.8. The second-order valence-electron chi connectivity index (χ2n) is 6.86. The van der Waals surface area contributed by atoms with Crippen LogP contribution in [0.4, 0.5) is 5.69 Å². The molecule has 4 rings (SSSR count). The first-order valence-corrected chi connectivity index (χ1v) is 7.91. The summed E-state index contributed by atoms with van der Waals surface area (Å²) in [5.74, 6) is -1.32. The Morgan fingerprint density at radius 1 is 1.26 bits per heavy atom. The predicted octanol–water partition coefficient (Wildman–Crippen LogP) is 0.767. The largest absolute Gasteiger partial charge is 0.341 e. The molecule has 2 unspecified atom stereocenters. The summed E-state index contributed by atoms with van der Waals surface area (Å²) in [6.07, 6.45) is 0.861. The van der Waals surface area contributed by atoms with E-state index in [1.807, 2.05) is 12.1 Å². The van der Waals surface area contributed by atoms with Crippen molar-refractivity contribution in [1.82, 2.24) is 5.32 Å². The van der Waals surface area contributed by atoms with E-state index in [1.165, 1.54) is 11.1 Å². The number of benzene rings is 1. The van der Waals surface area contributed by atoms with Crippen LogP contribution in [0.15, 0.2) is 18.2 Å². The van der Waals surface area contributed by atoms with Crippen LogP contribution in [0.5, 0.6) is 0 Å². The van der Waals surface area contributed by atoms with Gasteiger partial charge in [-0.25, -0.2) is 0 Å². The first-order valence-electron chi connectivity index (χ1n) is 7.91. The first-order chi connectivity index (χ1) is 10.9. The molecule has 6 nitrogen and oxygen atoms in total. The Balaban J connectivity index is 1.56. The smallest absolute Gasteiger partial charge is 0.252 e. The zero-order valence-electron chi connectivity index (χ0n) is 13.5. The van der Waals surface area contributed by atoms with Crippen molar-refractivity contribution in [3.63, 3.8) is 0 Å². The molecule has 2 saturated heterocycles. The minimum Gasteiger partial charge on any atom is -0.341 e. The summed E-state index contributed by atoms with van der Waals surface area (Å²) in [6, 6.07) is 5.33. The topological polar surface area (TPSA) is 67.9 Å². The van der Waals surface area contributed by atoms with Crippen molar-refractivity contribution in [3.05, 3.63) is 29.3 Å². The maximum Gasteiger partial charge on any atom is 0.252 e. The van der Waals surface area contributed by atoms with Crippen molar-refractivity contribution in [2.75, 3.05) is 11.9 Å². The van der Waals surface area contributed by atoms with Crippen LogP contribution >= 0.6 is 0 Å². The van der Waals surface area contributed by atoms with Gasteiger partial charge in [0.15, 0.2) is 11.9 Å². The van der Waals surface area contributed by atoms with Crippen LogP contribution in [0.1, 0.15) is 25.0 Å². The Morgan fingerprint density at radius 3 is 2.65 bits per heavy atom. The Kier molecular flexibility index (Phi) is 3.05. The molecule has 0 saturated carbocycles. The van der Waals surface area contributed by atoms with E-state index >= 15 is 0 Å². The van der Waals surface area contributed by atoms with Crippen LogP contribution < -0.4 is 10.2 Å². The molecular formula is C17H20N2O4. The first kappa shape index (κ1) is 14.7. The standard InChI is InChI=1S/C17H20N2O4/c1-17(2)22-13-12(18-15(20)14(13)23-17)16(21)19(3)11-7-6-9-4-5-10(9)8-11/h6-8,12-14H,4-5H2,1-3H3,(H,18,20)/t12-,13?,14?/m0/s1. The number of carbonyl (C=O) groups excluding carboxylic acids is 2. The van der Waals surface area contributed by atoms with E-state index in [4.69, 9.17) is 9.47 Å². The van der Waals surface area contributed by atoms with Gasteiger partial charge in [0.25, 0.3) is 11.8 Å². The Morgan fingerprint density at radius 2 is 2.00 bits per heavy atom. The molecule has 2 heterocycles. The maximum atomic E-state index is 12.8. The van der Waals surface area contributed by atoms with Gasteiger partial charge in [-0.3, -0.25) is 9.59 Å². The molecule has 1 aromatic carbocycles. The molecule has 0 radical (unpaired) electrons. The lowest BCUT2D eigenvalue weighted by Crippen LogP contribution is -2.49. The van der Waals surface area contributed by atoms with E-state index in [0.717, 1.165) is 18.5 Å². The van der Waals surface area contributed by atoms with Gasteiger partial charge in [-0.05, 0) is 49.9 Å². The number of likely N-dealkylation sites (N-methyl/N-ethyl adjacent to an activating group) is 1. The number of anilines is 1. The van der Waals surface area contributed by atoms with E-state index in [1.54, 1.807) is 25.8 Å². The van der Waals surface area contributed by atoms with Gasteiger partial charge < -0.3 is 19.7 Å². The van der Waals surface area contributed by atoms with Gasteiger partial charge in [-0.15, -0.1) is 0 Å². The summed E-state index contributed by atoms with van der Waals surface area (Å²) in [5.41, 5.74) is 3.47. The van der Waals surface area contributed by atoms with Gasteiger partial charge >= 0.3 is 0 Å². The summed E-state index contributed by atoms with van der Waals surface area (Å²) in [5, 5.41) is 2.70. The molecule has 2 amide bonds. The number of aryl methyl sites for hydroxylation is 2. The third-order valence-corrected chi connectivity index (χ3v) is 4.85. The van der Waals surface area contributed by atoms with Gasteiger partial charge in [0, 0.05) is 12.7 Å². The molecule has 23 heavy (non-hydrogen) atoms. The highest BCUT2D eigenvalue weighted by Crippen LogP contribution is 2.34. The number of carbonyl (C=O) groups is 2. The van der Waals surface area contributed by atoms with Crippen LogP contribution in [-0.4, -0.2) is 42.9 Å². The molecular weight excluding hydrogens is 296 g/mol. The van der Waals surface area contributed by atoms with E-state index in [-0.39, 0.29) is 11.8 Å². The molecule has 3 atom stereocenters. The van der Waals surface area contributed by atoms with Crippen molar-refractivity contribution in [1.29, 1.82) is 0 Å². The van der Waals surface area contributed by atoms with Crippen LogP contribution in [0.3, 0.4) is 0 Å². The average molecular weight is 316 g/mol. The molecule has 2 aliphatic heterocycles. The number of nitrogens with zero attached hydrogens (tertiary/aromatic N) is 1. The number of hydrogen-bond donors (Lipinski definition) is 1. The van der Waals surface area contributed by atoms with Crippen LogP contribution in [0.2, 0.25) is 0 Å². The van der Waals surface area contributed by atoms with Crippen molar-refractivity contribution >= 4 is 17.5 Å². The highest BCUT2D eigenvalue weighted by atomic mass is 16.8. The fourth-order valence-corrected chi connectivity index (χ4v) is 3.48. The number of rotatable bonds is 2. The quantitative estimate of drug-likeness (QED) is 0.875. The lowest BCUT2D eigenvalue weighted by molar-refractivity contribution is -0.164. The SMILES string of the molecule is CN(C(=O)[C@H]1NC(=O)C2OC(C)(C)OC21)c1ccc2c(c1)CC2. The minimum absolute atomic E-state index is 0.188. The fraction of sp³-hybridized carbons (Fsp3) is 0.529. The molecule has 3 aliphatic rings. The molecule has 2 fully saturated rings. The van der Waals surface area contributed by atoms with Gasteiger partial charge in [-0.2, -0.15) is 0 Å². The molecule has 0 aromatic heterocycles. The lowest BCUT2D eigenvalue weighted by Gasteiger charge is -2.27. The number of fused-ring (bicyclic) bond motifs is 2. The average Bonchev–Trinajstić information content (AvgIpc) is 2.93. The van der Waals surface area contributed by atoms with Crippen molar-refractivity contribution < 1.29 is 19.1 Å². The van der Waals surface area contributed by atoms with Crippen LogP contribution in [-0.2, 0) is 31.9 Å². The Labute approximate surface area is 134 Å². The second kappa shape index (κ2) is 4.79. The zero-order chi connectivity index (χ0) is 16.4. The van der Waals surface area contributed by atoms with Crippen LogP contribution in [0, 0.1) is 0 Å². The van der Waals surface area contributed by atoms with E-state index < -0.39 is 24.0 Å². The summed E-state index contributed by atoms with van der Waals surface area (Å²) >= 11 is 0. The van der Waals surface area contributed by atoms with Crippen molar-refractivity contribution in [3.8, 4) is 0 Å². The van der Waals surface area contributed by atoms with Gasteiger partial charge in [-0.1, -0.05) is 6.07 Å². The van der Waals surface area contributed by atoms with E-state index in [2.05, 4.69) is 11.4 Å². The van der Waals surface area contributed by atoms with Crippen LogP contribution in [0.25, 0.3) is 0 Å². The number of hydrogen-bond acceptors (Lipinski definition) is 4. The fourth-order valence-electron chi connectivity index (χ4n) is 3.48. The summed E-state index contributed by atoms with van der Waals surface area (Å²) in [6.45, 7) is 3.50.